The highest BCUT2D eigenvalue weighted by atomic mass is 35.5. The highest BCUT2D eigenvalue weighted by molar-refractivity contribution is 5.85. The average Bonchev–Trinajstić information content (AvgIpc) is 2.55. The van der Waals surface area contributed by atoms with Gasteiger partial charge >= 0.3 is 5.97 Å². The van der Waals surface area contributed by atoms with Gasteiger partial charge in [0.1, 0.15) is 6.04 Å². The van der Waals surface area contributed by atoms with Gasteiger partial charge in [0, 0.05) is 12.3 Å². The molecule has 1 aromatic carbocycles. The zero-order valence-corrected chi connectivity index (χ0v) is 15.2. The molecule has 1 aromatic rings. The van der Waals surface area contributed by atoms with Gasteiger partial charge in [-0.15, -0.1) is 12.4 Å². The molecule has 1 aliphatic rings. The van der Waals surface area contributed by atoms with Crippen molar-refractivity contribution < 1.29 is 14.7 Å². The SMILES string of the molecule is CC(C)C1CCC(C(=O)N[C@@H](Cc2ccccc2)C(=O)O)CC1.Cl. The summed E-state index contributed by atoms with van der Waals surface area (Å²) in [6.45, 7) is 4.46. The zero-order chi connectivity index (χ0) is 16.8. The largest absolute Gasteiger partial charge is 0.480 e. The second-order valence-electron chi connectivity index (χ2n) is 6.94. The Morgan fingerprint density at radius 2 is 1.71 bits per heavy atom. The van der Waals surface area contributed by atoms with Gasteiger partial charge in [-0.1, -0.05) is 44.2 Å². The van der Waals surface area contributed by atoms with E-state index in [0.717, 1.165) is 31.2 Å². The average molecular weight is 354 g/mol. The van der Waals surface area contributed by atoms with Gasteiger partial charge in [-0.3, -0.25) is 4.79 Å². The molecule has 2 rings (SSSR count). The maximum absolute atomic E-state index is 12.4. The standard InChI is InChI=1S/C19H27NO3.ClH/c1-13(2)15-8-10-16(11-9-15)18(21)20-17(19(22)23)12-14-6-4-3-5-7-14;/h3-7,13,15-17H,8-12H2,1-2H3,(H,20,21)(H,22,23);1H/t15?,16?,17-;/m0./s1. The van der Waals surface area contributed by atoms with E-state index in [4.69, 9.17) is 0 Å². The van der Waals surface area contributed by atoms with Crippen molar-refractivity contribution in [3.05, 3.63) is 35.9 Å². The van der Waals surface area contributed by atoms with Crippen LogP contribution in [0.4, 0.5) is 0 Å². The Bertz CT molecular complexity index is 525. The van der Waals surface area contributed by atoms with E-state index in [2.05, 4.69) is 19.2 Å². The van der Waals surface area contributed by atoms with Crippen molar-refractivity contribution >= 4 is 24.3 Å². The molecule has 0 aromatic heterocycles. The van der Waals surface area contributed by atoms with Gasteiger partial charge in [-0.2, -0.15) is 0 Å². The van der Waals surface area contributed by atoms with Crippen LogP contribution in [0.5, 0.6) is 0 Å². The van der Waals surface area contributed by atoms with Crippen LogP contribution in [-0.2, 0) is 16.0 Å². The Balaban J connectivity index is 0.00000288. The minimum atomic E-state index is -0.974. The summed E-state index contributed by atoms with van der Waals surface area (Å²) in [7, 11) is 0. The first-order valence-electron chi connectivity index (χ1n) is 8.54. The first-order chi connectivity index (χ1) is 11.0. The molecule has 2 N–H and O–H groups in total. The Morgan fingerprint density at radius 3 is 2.21 bits per heavy atom. The first kappa shape index (κ1) is 20.5. The summed E-state index contributed by atoms with van der Waals surface area (Å²) >= 11 is 0. The molecule has 0 radical (unpaired) electrons. The lowest BCUT2D eigenvalue weighted by atomic mass is 9.76. The third-order valence-corrected chi connectivity index (χ3v) is 4.98. The molecule has 1 saturated carbocycles. The lowest BCUT2D eigenvalue weighted by Crippen LogP contribution is -2.45. The van der Waals surface area contributed by atoms with Crippen LogP contribution in [0.1, 0.15) is 45.1 Å². The summed E-state index contributed by atoms with van der Waals surface area (Å²) in [5.41, 5.74) is 0.920. The van der Waals surface area contributed by atoms with E-state index in [9.17, 15) is 14.7 Å². The quantitative estimate of drug-likeness (QED) is 0.819. The van der Waals surface area contributed by atoms with Gasteiger partial charge in [-0.05, 0) is 43.1 Å². The van der Waals surface area contributed by atoms with Gasteiger partial charge in [0.2, 0.25) is 5.91 Å². The Morgan fingerprint density at radius 1 is 1.12 bits per heavy atom. The van der Waals surface area contributed by atoms with E-state index >= 15 is 0 Å². The number of hydrogen-bond acceptors (Lipinski definition) is 2. The molecule has 1 fully saturated rings. The number of nitrogens with one attached hydrogen (secondary N) is 1. The lowest BCUT2D eigenvalue weighted by molar-refractivity contribution is -0.142. The van der Waals surface area contributed by atoms with Crippen molar-refractivity contribution in [2.24, 2.45) is 17.8 Å². The number of carbonyl (C=O) groups excluding carboxylic acids is 1. The molecule has 0 bridgehead atoms. The van der Waals surface area contributed by atoms with E-state index in [-0.39, 0.29) is 24.2 Å². The van der Waals surface area contributed by atoms with E-state index in [1.54, 1.807) is 0 Å². The van der Waals surface area contributed by atoms with Crippen LogP contribution in [-0.4, -0.2) is 23.0 Å². The molecule has 0 spiro atoms. The number of amides is 1. The number of carboxylic acids is 1. The molecule has 1 amide bonds. The van der Waals surface area contributed by atoms with Gasteiger partial charge in [0.25, 0.3) is 0 Å². The van der Waals surface area contributed by atoms with Crippen LogP contribution in [0.25, 0.3) is 0 Å². The molecule has 24 heavy (non-hydrogen) atoms. The Hall–Kier alpha value is -1.55. The van der Waals surface area contributed by atoms with Crippen LogP contribution in [0.15, 0.2) is 30.3 Å². The molecule has 0 heterocycles. The van der Waals surface area contributed by atoms with E-state index < -0.39 is 12.0 Å². The number of hydrogen-bond donors (Lipinski definition) is 2. The number of rotatable bonds is 6. The van der Waals surface area contributed by atoms with Crippen LogP contribution in [0.2, 0.25) is 0 Å². The fraction of sp³-hybridized carbons (Fsp3) is 0.579. The molecule has 1 atom stereocenters. The zero-order valence-electron chi connectivity index (χ0n) is 14.4. The van der Waals surface area contributed by atoms with Gasteiger partial charge < -0.3 is 10.4 Å². The number of carbonyl (C=O) groups is 2. The lowest BCUT2D eigenvalue weighted by Gasteiger charge is -2.30. The van der Waals surface area contributed by atoms with Crippen LogP contribution >= 0.6 is 12.4 Å². The summed E-state index contributed by atoms with van der Waals surface area (Å²) < 4.78 is 0. The van der Waals surface area contributed by atoms with E-state index in [1.807, 2.05) is 30.3 Å². The van der Waals surface area contributed by atoms with Gasteiger partial charge in [0.05, 0.1) is 0 Å². The molecule has 0 saturated heterocycles. The van der Waals surface area contributed by atoms with Crippen molar-refractivity contribution in [1.82, 2.24) is 5.32 Å². The predicted octanol–water partition coefficient (Wildman–Crippen LogP) is 3.68. The number of halogens is 1. The highest BCUT2D eigenvalue weighted by Crippen LogP contribution is 2.33. The monoisotopic (exact) mass is 353 g/mol. The Labute approximate surface area is 150 Å². The Kier molecular flexibility index (Phi) is 8.26. The molecule has 0 unspecified atom stereocenters. The summed E-state index contributed by atoms with van der Waals surface area (Å²) in [6, 6.07) is 8.57. The number of benzene rings is 1. The maximum atomic E-state index is 12.4. The third-order valence-electron chi connectivity index (χ3n) is 4.98. The predicted molar refractivity (Wildman–Crippen MR) is 97.2 cm³/mol. The smallest absolute Gasteiger partial charge is 0.326 e. The maximum Gasteiger partial charge on any atom is 0.326 e. The van der Waals surface area contributed by atoms with Crippen LogP contribution in [0, 0.1) is 17.8 Å². The van der Waals surface area contributed by atoms with Crippen LogP contribution in [0.3, 0.4) is 0 Å². The molecule has 5 heteroatoms. The molecule has 0 aliphatic heterocycles. The summed E-state index contributed by atoms with van der Waals surface area (Å²) in [5.74, 6) is 0.235. The summed E-state index contributed by atoms with van der Waals surface area (Å²) in [5, 5.41) is 12.1. The van der Waals surface area contributed by atoms with Crippen molar-refractivity contribution in [2.45, 2.75) is 52.0 Å². The topological polar surface area (TPSA) is 66.4 Å². The minimum Gasteiger partial charge on any atom is -0.480 e. The van der Waals surface area contributed by atoms with Gasteiger partial charge in [0.15, 0.2) is 0 Å². The second kappa shape index (κ2) is 9.67. The third kappa shape index (κ3) is 5.82. The molecular weight excluding hydrogens is 326 g/mol. The molecular formula is C19H28ClNO3. The van der Waals surface area contributed by atoms with Crippen molar-refractivity contribution in [2.75, 3.05) is 0 Å². The van der Waals surface area contributed by atoms with Crippen molar-refractivity contribution in [1.29, 1.82) is 0 Å². The van der Waals surface area contributed by atoms with Gasteiger partial charge in [-0.25, -0.2) is 4.79 Å². The second-order valence-corrected chi connectivity index (χ2v) is 6.94. The van der Waals surface area contributed by atoms with Crippen molar-refractivity contribution in [3.8, 4) is 0 Å². The number of aliphatic carboxylic acids is 1. The van der Waals surface area contributed by atoms with Crippen LogP contribution < -0.4 is 5.32 Å². The minimum absolute atomic E-state index is 0. The van der Waals surface area contributed by atoms with E-state index in [0.29, 0.717) is 18.3 Å². The molecule has 1 aliphatic carbocycles. The highest BCUT2D eigenvalue weighted by Gasteiger charge is 2.30. The fourth-order valence-corrected chi connectivity index (χ4v) is 3.39. The fourth-order valence-electron chi connectivity index (χ4n) is 3.39. The van der Waals surface area contributed by atoms with Crippen molar-refractivity contribution in [3.63, 3.8) is 0 Å². The summed E-state index contributed by atoms with van der Waals surface area (Å²) in [4.78, 5) is 23.9. The molecule has 134 valence electrons. The first-order valence-corrected chi connectivity index (χ1v) is 8.54. The number of carboxylic acid groups (broad SMARTS) is 1. The summed E-state index contributed by atoms with van der Waals surface area (Å²) in [6.07, 6.45) is 4.18. The normalized spacial score (nSPS) is 21.6. The molecule has 4 nitrogen and oxygen atoms in total. The van der Waals surface area contributed by atoms with E-state index in [1.165, 1.54) is 0 Å².